The van der Waals surface area contributed by atoms with Crippen LogP contribution in [0.25, 0.3) is 0 Å². The Balaban J connectivity index is 1.24. The monoisotopic (exact) mass is 488 g/mol. The van der Waals surface area contributed by atoms with E-state index >= 15 is 0 Å². The summed E-state index contributed by atoms with van der Waals surface area (Å²) < 4.78 is 0. The van der Waals surface area contributed by atoms with E-state index < -0.39 is 6.04 Å². The average molecular weight is 489 g/mol. The predicted octanol–water partition coefficient (Wildman–Crippen LogP) is 5.31. The third kappa shape index (κ3) is 5.47. The summed E-state index contributed by atoms with van der Waals surface area (Å²) in [6.07, 6.45) is 9.86. The molecule has 0 unspecified atom stereocenters. The van der Waals surface area contributed by atoms with Gasteiger partial charge in [-0.15, -0.1) is 0 Å². The average Bonchev–Trinajstić information content (AvgIpc) is 3.23. The maximum absolute atomic E-state index is 13.2. The van der Waals surface area contributed by atoms with Gasteiger partial charge in [0.1, 0.15) is 0 Å². The number of nitrogens with one attached hydrogen (secondary N) is 2. The first-order valence-electron chi connectivity index (χ1n) is 14.0. The number of amides is 1. The molecule has 1 amide bonds. The largest absolute Gasteiger partial charge is 0.385 e. The first kappa shape index (κ1) is 25.3. The molecule has 1 aliphatic carbocycles. The normalized spacial score (nSPS) is 22.2. The van der Waals surface area contributed by atoms with Gasteiger partial charge in [-0.1, -0.05) is 49.1 Å². The van der Waals surface area contributed by atoms with Gasteiger partial charge in [0.15, 0.2) is 0 Å². The molecule has 2 atom stereocenters. The Morgan fingerprint density at radius 1 is 1.11 bits per heavy atom. The molecule has 2 aromatic rings. The van der Waals surface area contributed by atoms with Crippen LogP contribution in [-0.2, 0) is 17.8 Å². The third-order valence-electron chi connectivity index (χ3n) is 9.00. The van der Waals surface area contributed by atoms with E-state index in [4.69, 9.17) is 5.73 Å². The lowest BCUT2D eigenvalue weighted by Gasteiger charge is -2.33. The molecular weight excluding hydrogens is 444 g/mol. The van der Waals surface area contributed by atoms with Crippen LogP contribution in [0.1, 0.15) is 84.4 Å². The molecule has 1 saturated carbocycles. The van der Waals surface area contributed by atoms with Crippen molar-refractivity contribution >= 4 is 11.6 Å². The SMILES string of the molecule is Cc1cc(C)c(C[C@H](N)C(=O)N[C@@H]2CCNc3ccc(CN4CCC5(CCCCC5)C4)cc32)c(C)c1. The van der Waals surface area contributed by atoms with Crippen LogP contribution >= 0.6 is 0 Å². The molecular formula is C31H44N4O. The van der Waals surface area contributed by atoms with Gasteiger partial charge in [0.05, 0.1) is 12.1 Å². The van der Waals surface area contributed by atoms with Crippen molar-refractivity contribution in [2.75, 3.05) is 25.0 Å². The molecule has 0 radical (unpaired) electrons. The van der Waals surface area contributed by atoms with Crippen molar-refractivity contribution in [3.63, 3.8) is 0 Å². The van der Waals surface area contributed by atoms with Crippen LogP contribution in [0.5, 0.6) is 0 Å². The molecule has 4 N–H and O–H groups in total. The molecule has 0 aromatic heterocycles. The summed E-state index contributed by atoms with van der Waals surface area (Å²) in [6.45, 7) is 10.6. The van der Waals surface area contributed by atoms with Gasteiger partial charge in [0.25, 0.3) is 0 Å². The molecule has 5 rings (SSSR count). The van der Waals surface area contributed by atoms with Gasteiger partial charge in [0.2, 0.25) is 5.91 Å². The van der Waals surface area contributed by atoms with E-state index in [0.717, 1.165) is 25.2 Å². The van der Waals surface area contributed by atoms with Crippen LogP contribution in [0, 0.1) is 26.2 Å². The number of hydrogen-bond acceptors (Lipinski definition) is 4. The summed E-state index contributed by atoms with van der Waals surface area (Å²) in [7, 11) is 0. The van der Waals surface area contributed by atoms with Crippen LogP contribution in [-0.4, -0.2) is 36.5 Å². The number of benzene rings is 2. The second kappa shape index (κ2) is 10.5. The highest BCUT2D eigenvalue weighted by molar-refractivity contribution is 5.82. The van der Waals surface area contributed by atoms with Gasteiger partial charge >= 0.3 is 0 Å². The van der Waals surface area contributed by atoms with Gasteiger partial charge in [0, 0.05) is 25.3 Å². The summed E-state index contributed by atoms with van der Waals surface area (Å²) >= 11 is 0. The number of aryl methyl sites for hydroxylation is 3. The topological polar surface area (TPSA) is 70.4 Å². The minimum absolute atomic E-state index is 0.00299. The minimum Gasteiger partial charge on any atom is -0.385 e. The molecule has 5 nitrogen and oxygen atoms in total. The van der Waals surface area contributed by atoms with Crippen molar-refractivity contribution in [1.29, 1.82) is 0 Å². The number of carbonyl (C=O) groups is 1. The highest BCUT2D eigenvalue weighted by Crippen LogP contribution is 2.44. The first-order valence-corrected chi connectivity index (χ1v) is 14.0. The molecule has 194 valence electrons. The molecule has 5 heteroatoms. The smallest absolute Gasteiger partial charge is 0.237 e. The summed E-state index contributed by atoms with van der Waals surface area (Å²) in [6, 6.07) is 10.6. The Bertz CT molecular complexity index is 1080. The van der Waals surface area contributed by atoms with E-state index in [2.05, 4.69) is 66.6 Å². The molecule has 2 aliphatic heterocycles. The van der Waals surface area contributed by atoms with Gasteiger partial charge in [-0.05, 0) is 98.7 Å². The summed E-state index contributed by atoms with van der Waals surface area (Å²) in [4.78, 5) is 15.8. The van der Waals surface area contributed by atoms with Gasteiger partial charge in [-0.2, -0.15) is 0 Å². The van der Waals surface area contributed by atoms with Crippen molar-refractivity contribution in [3.8, 4) is 0 Å². The molecule has 2 heterocycles. The molecule has 0 bridgehead atoms. The number of likely N-dealkylation sites (tertiary alicyclic amines) is 1. The fourth-order valence-corrected chi connectivity index (χ4v) is 7.07. The lowest BCUT2D eigenvalue weighted by Crippen LogP contribution is -2.44. The fourth-order valence-electron chi connectivity index (χ4n) is 7.07. The van der Waals surface area contributed by atoms with E-state index in [0.29, 0.717) is 11.8 Å². The Morgan fingerprint density at radius 3 is 2.61 bits per heavy atom. The summed E-state index contributed by atoms with van der Waals surface area (Å²) in [5.41, 5.74) is 15.6. The van der Waals surface area contributed by atoms with E-state index in [1.807, 2.05) is 0 Å². The van der Waals surface area contributed by atoms with Crippen molar-refractivity contribution < 1.29 is 4.79 Å². The number of carbonyl (C=O) groups excluding carboxylic acids is 1. The zero-order valence-electron chi connectivity index (χ0n) is 22.5. The van der Waals surface area contributed by atoms with E-state index in [1.165, 1.54) is 85.0 Å². The molecule has 3 aliphatic rings. The Hall–Kier alpha value is -2.37. The van der Waals surface area contributed by atoms with Crippen LogP contribution < -0.4 is 16.4 Å². The lowest BCUT2D eigenvalue weighted by molar-refractivity contribution is -0.123. The van der Waals surface area contributed by atoms with Crippen LogP contribution in [0.2, 0.25) is 0 Å². The Morgan fingerprint density at radius 2 is 1.86 bits per heavy atom. The second-order valence-electron chi connectivity index (χ2n) is 11.9. The lowest BCUT2D eigenvalue weighted by atomic mass is 9.73. The second-order valence-corrected chi connectivity index (χ2v) is 11.9. The number of rotatable bonds is 6. The van der Waals surface area contributed by atoms with Gasteiger partial charge in [-0.25, -0.2) is 0 Å². The highest BCUT2D eigenvalue weighted by Gasteiger charge is 2.38. The van der Waals surface area contributed by atoms with E-state index in [-0.39, 0.29) is 11.9 Å². The number of hydrogen-bond donors (Lipinski definition) is 3. The van der Waals surface area contributed by atoms with Crippen molar-refractivity contribution in [2.45, 2.75) is 90.8 Å². The Labute approximate surface area is 217 Å². The van der Waals surface area contributed by atoms with Gasteiger partial charge < -0.3 is 16.4 Å². The minimum atomic E-state index is -0.553. The number of nitrogens with zero attached hydrogens (tertiary/aromatic N) is 1. The number of fused-ring (bicyclic) bond motifs is 1. The van der Waals surface area contributed by atoms with Crippen molar-refractivity contribution in [2.24, 2.45) is 11.1 Å². The van der Waals surface area contributed by atoms with Crippen LogP contribution in [0.4, 0.5) is 5.69 Å². The molecule has 2 fully saturated rings. The van der Waals surface area contributed by atoms with E-state index in [1.54, 1.807) is 0 Å². The molecule has 36 heavy (non-hydrogen) atoms. The molecule has 1 saturated heterocycles. The van der Waals surface area contributed by atoms with Crippen molar-refractivity contribution in [3.05, 3.63) is 63.7 Å². The van der Waals surface area contributed by atoms with Crippen LogP contribution in [0.3, 0.4) is 0 Å². The zero-order valence-corrected chi connectivity index (χ0v) is 22.5. The molecule has 1 spiro atoms. The van der Waals surface area contributed by atoms with Crippen LogP contribution in [0.15, 0.2) is 30.3 Å². The predicted molar refractivity (Wildman–Crippen MR) is 148 cm³/mol. The molecule has 2 aromatic carbocycles. The van der Waals surface area contributed by atoms with E-state index in [9.17, 15) is 4.79 Å². The number of nitrogens with two attached hydrogens (primary N) is 1. The Kier molecular flexibility index (Phi) is 7.41. The summed E-state index contributed by atoms with van der Waals surface area (Å²) in [5, 5.41) is 6.82. The highest BCUT2D eigenvalue weighted by atomic mass is 16.2. The fraction of sp³-hybridized carbons (Fsp3) is 0.581. The zero-order chi connectivity index (χ0) is 25.3. The quantitative estimate of drug-likeness (QED) is 0.515. The maximum Gasteiger partial charge on any atom is 0.237 e. The summed E-state index contributed by atoms with van der Waals surface area (Å²) in [5.74, 6) is -0.0589. The number of anilines is 1. The third-order valence-corrected chi connectivity index (χ3v) is 9.00. The van der Waals surface area contributed by atoms with Gasteiger partial charge in [-0.3, -0.25) is 9.69 Å². The standard InChI is InChI=1S/C31H44N4O/c1-21-15-22(2)25(23(3)16-21)18-27(32)30(36)34-29-9-13-33-28-8-7-24(17-26(28)29)19-35-14-12-31(20-35)10-5-4-6-11-31/h7-8,15-17,27,29,33H,4-6,9-14,18-20,32H2,1-3H3,(H,34,36)/t27-,29+/m0/s1. The van der Waals surface area contributed by atoms with Crippen molar-refractivity contribution in [1.82, 2.24) is 10.2 Å². The maximum atomic E-state index is 13.2. The first-order chi connectivity index (χ1) is 17.3.